The minimum atomic E-state index is 0.370. The minimum Gasteiger partial charge on any atom is -0.456 e. The maximum atomic E-state index is 7.06. The third-order valence-electron chi connectivity index (χ3n) is 9.79. The molecule has 8 aromatic carbocycles. The van der Waals surface area contributed by atoms with Crippen LogP contribution in [-0.2, 0) is 6.54 Å². The summed E-state index contributed by atoms with van der Waals surface area (Å²) in [5.41, 5.74) is 18.1. The third kappa shape index (κ3) is 6.50. The number of fused-ring (bicyclic) bond motifs is 4. The molecule has 0 aliphatic carbocycles. The van der Waals surface area contributed by atoms with Crippen molar-refractivity contribution in [3.8, 4) is 33.4 Å². The number of benzene rings is 8. The molecule has 1 aromatic heterocycles. The second-order valence-electron chi connectivity index (χ2n) is 13.2. The molecule has 53 heavy (non-hydrogen) atoms. The zero-order chi connectivity index (χ0) is 35.6. The largest absolute Gasteiger partial charge is 0.456 e. The van der Waals surface area contributed by atoms with E-state index < -0.39 is 0 Å². The van der Waals surface area contributed by atoms with Crippen LogP contribution in [0.5, 0.6) is 0 Å². The summed E-state index contributed by atoms with van der Waals surface area (Å²) in [4.78, 5) is 10.1. The molecule has 0 radical (unpaired) electrons. The second kappa shape index (κ2) is 13.9. The molecule has 0 bridgehead atoms. The topological polar surface area (TPSA) is 63.9 Å². The lowest BCUT2D eigenvalue weighted by atomic mass is 9.95. The van der Waals surface area contributed by atoms with Gasteiger partial charge in [-0.25, -0.2) is 4.99 Å². The van der Waals surface area contributed by atoms with Gasteiger partial charge >= 0.3 is 0 Å². The van der Waals surface area contributed by atoms with Crippen LogP contribution in [0.1, 0.15) is 16.7 Å². The van der Waals surface area contributed by atoms with Crippen LogP contribution in [0.4, 0.5) is 0 Å². The highest BCUT2D eigenvalue weighted by atomic mass is 16.3. The van der Waals surface area contributed by atoms with Gasteiger partial charge in [-0.2, -0.15) is 0 Å². The number of para-hydroxylation sites is 1. The van der Waals surface area contributed by atoms with Crippen molar-refractivity contribution in [2.45, 2.75) is 6.54 Å². The molecule has 0 spiro atoms. The van der Waals surface area contributed by atoms with Crippen LogP contribution in [0.3, 0.4) is 0 Å². The van der Waals surface area contributed by atoms with E-state index in [4.69, 9.17) is 20.1 Å². The molecule has 9 rings (SSSR count). The van der Waals surface area contributed by atoms with E-state index in [0.717, 1.165) is 66.4 Å². The van der Waals surface area contributed by atoms with E-state index in [9.17, 15) is 0 Å². The number of nitrogens with zero attached hydrogens (tertiary/aromatic N) is 2. The summed E-state index contributed by atoms with van der Waals surface area (Å²) in [5.74, 6) is 0.937. The molecule has 4 nitrogen and oxygen atoms in total. The molecule has 1 heterocycles. The Morgan fingerprint density at radius 2 is 1.06 bits per heavy atom. The number of furan rings is 1. The molecule has 0 amide bonds. The van der Waals surface area contributed by atoms with Crippen LogP contribution in [0, 0.1) is 0 Å². The van der Waals surface area contributed by atoms with Gasteiger partial charge in [-0.3, -0.25) is 4.99 Å². The van der Waals surface area contributed by atoms with Crippen molar-refractivity contribution in [1.29, 1.82) is 0 Å². The number of amidine groups is 2. The van der Waals surface area contributed by atoms with Crippen LogP contribution < -0.4 is 5.73 Å². The molecular weight excluding hydrogens is 647 g/mol. The smallest absolute Gasteiger partial charge is 0.157 e. The molecule has 252 valence electrons. The summed E-state index contributed by atoms with van der Waals surface area (Å²) in [7, 11) is 0. The number of hydrogen-bond donors (Lipinski definition) is 1. The maximum absolute atomic E-state index is 7.06. The maximum Gasteiger partial charge on any atom is 0.157 e. The summed E-state index contributed by atoms with van der Waals surface area (Å²) in [5, 5.41) is 4.38. The van der Waals surface area contributed by atoms with Crippen LogP contribution >= 0.6 is 0 Å². The molecule has 4 heteroatoms. The molecule has 0 unspecified atom stereocenters. The fourth-order valence-electron chi connectivity index (χ4n) is 7.00. The van der Waals surface area contributed by atoms with Gasteiger partial charge in [0.25, 0.3) is 0 Å². The van der Waals surface area contributed by atoms with E-state index in [-0.39, 0.29) is 0 Å². The molecule has 0 saturated carbocycles. The Morgan fingerprint density at radius 1 is 0.472 bits per heavy atom. The Labute approximate surface area is 308 Å². The van der Waals surface area contributed by atoms with E-state index in [2.05, 4.69) is 146 Å². The van der Waals surface area contributed by atoms with Gasteiger partial charge in [0.2, 0.25) is 0 Å². The van der Waals surface area contributed by atoms with Crippen molar-refractivity contribution < 1.29 is 4.42 Å². The first-order chi connectivity index (χ1) is 26.2. The zero-order valence-electron chi connectivity index (χ0n) is 29.0. The van der Waals surface area contributed by atoms with E-state index in [1.54, 1.807) is 0 Å². The van der Waals surface area contributed by atoms with Gasteiger partial charge in [0.15, 0.2) is 5.84 Å². The molecule has 0 saturated heterocycles. The van der Waals surface area contributed by atoms with Crippen LogP contribution in [0.15, 0.2) is 202 Å². The highest BCUT2D eigenvalue weighted by molar-refractivity contribution is 6.21. The van der Waals surface area contributed by atoms with E-state index >= 15 is 0 Å². The zero-order valence-corrected chi connectivity index (χ0v) is 29.0. The van der Waals surface area contributed by atoms with Crippen molar-refractivity contribution in [1.82, 2.24) is 0 Å². The van der Waals surface area contributed by atoms with E-state index in [1.165, 1.54) is 16.3 Å². The molecule has 0 aliphatic heterocycles. The standard InChI is InChI=1S/C49H35N3O/c50-48(52-49(51-32-33-11-3-1-4-12-33)39-26-23-36(24-27-39)34-13-5-2-6-14-34)44-30-42(31-46-47(44)43-17-9-10-18-45(43)53-46)38-21-19-37(20-22-38)41-28-25-35-15-7-8-16-40(35)29-41/h1-31H,32H2,(H2,50,51,52). The predicted octanol–water partition coefficient (Wildman–Crippen LogP) is 12.1. The first-order valence-corrected chi connectivity index (χ1v) is 17.8. The second-order valence-corrected chi connectivity index (χ2v) is 13.2. The number of nitrogens with two attached hydrogens (primary N) is 1. The van der Waals surface area contributed by atoms with Gasteiger partial charge in [-0.1, -0.05) is 164 Å². The average molecular weight is 682 g/mol. The Kier molecular flexibility index (Phi) is 8.39. The quantitative estimate of drug-likeness (QED) is 0.134. The number of hydrogen-bond acceptors (Lipinski definition) is 2. The fraction of sp³-hybridized carbons (Fsp3) is 0.0204. The van der Waals surface area contributed by atoms with Crippen molar-refractivity contribution in [2.75, 3.05) is 0 Å². The lowest BCUT2D eigenvalue weighted by Crippen LogP contribution is -2.17. The van der Waals surface area contributed by atoms with Gasteiger partial charge in [0, 0.05) is 21.9 Å². The molecular formula is C49H35N3O. The van der Waals surface area contributed by atoms with Crippen molar-refractivity contribution >= 4 is 44.4 Å². The SMILES string of the molecule is N/C(=N\C(=N/Cc1ccccc1)c1ccc(-c2ccccc2)cc1)c1cc(-c2ccc(-c3ccc4ccccc4c3)cc2)cc2oc3ccccc3c12. The number of rotatable bonds is 7. The lowest BCUT2D eigenvalue weighted by molar-refractivity contribution is 0.669. The van der Waals surface area contributed by atoms with Crippen LogP contribution in [-0.4, -0.2) is 11.7 Å². The van der Waals surface area contributed by atoms with E-state index in [0.29, 0.717) is 18.2 Å². The van der Waals surface area contributed by atoms with Crippen LogP contribution in [0.25, 0.3) is 66.1 Å². The fourth-order valence-corrected chi connectivity index (χ4v) is 7.00. The predicted molar refractivity (Wildman–Crippen MR) is 221 cm³/mol. The van der Waals surface area contributed by atoms with Crippen molar-refractivity contribution in [3.05, 3.63) is 205 Å². The summed E-state index contributed by atoms with van der Waals surface area (Å²) in [6.07, 6.45) is 0. The first kappa shape index (κ1) is 31.9. The highest BCUT2D eigenvalue weighted by Crippen LogP contribution is 2.36. The summed E-state index contributed by atoms with van der Waals surface area (Å²) in [6.45, 7) is 0.473. The molecule has 0 aliphatic rings. The first-order valence-electron chi connectivity index (χ1n) is 17.8. The third-order valence-corrected chi connectivity index (χ3v) is 9.79. The van der Waals surface area contributed by atoms with Gasteiger partial charge < -0.3 is 10.2 Å². The monoisotopic (exact) mass is 681 g/mol. The van der Waals surface area contributed by atoms with Gasteiger partial charge in [0.05, 0.1) is 6.54 Å². The normalized spacial score (nSPS) is 12.2. The number of aliphatic imine (C=N–C) groups is 2. The van der Waals surface area contributed by atoms with Gasteiger partial charge in [0.1, 0.15) is 17.0 Å². The summed E-state index contributed by atoms with van der Waals surface area (Å²) < 4.78 is 6.45. The Bertz CT molecular complexity index is 2780. The van der Waals surface area contributed by atoms with Gasteiger partial charge in [-0.05, 0) is 74.0 Å². The van der Waals surface area contributed by atoms with Crippen molar-refractivity contribution in [2.24, 2.45) is 15.7 Å². The summed E-state index contributed by atoms with van der Waals surface area (Å²) >= 11 is 0. The minimum absolute atomic E-state index is 0.370. The Morgan fingerprint density at radius 3 is 1.83 bits per heavy atom. The highest BCUT2D eigenvalue weighted by Gasteiger charge is 2.17. The molecule has 0 fully saturated rings. The Hall–Kier alpha value is -7.04. The summed E-state index contributed by atoms with van der Waals surface area (Å²) in [6, 6.07) is 64.9. The average Bonchev–Trinajstić information content (AvgIpc) is 3.61. The molecule has 0 atom stereocenters. The Balaban J connectivity index is 1.14. The molecule has 9 aromatic rings. The van der Waals surface area contributed by atoms with Gasteiger partial charge in [-0.15, -0.1) is 0 Å². The van der Waals surface area contributed by atoms with Crippen molar-refractivity contribution in [3.63, 3.8) is 0 Å². The molecule has 2 N–H and O–H groups in total. The lowest BCUT2D eigenvalue weighted by Gasteiger charge is -2.11. The van der Waals surface area contributed by atoms with E-state index in [1.807, 2.05) is 42.5 Å². The van der Waals surface area contributed by atoms with Crippen LogP contribution in [0.2, 0.25) is 0 Å².